The second kappa shape index (κ2) is 4.06. The summed E-state index contributed by atoms with van der Waals surface area (Å²) in [5.74, 6) is 0. The van der Waals surface area contributed by atoms with E-state index in [4.69, 9.17) is 10.8 Å². The van der Waals surface area contributed by atoms with E-state index in [2.05, 4.69) is 10.3 Å². The lowest BCUT2D eigenvalue weighted by molar-refractivity contribution is 0.275. The first-order valence-electron chi connectivity index (χ1n) is 5.08. The van der Waals surface area contributed by atoms with Gasteiger partial charge in [-0.05, 0) is 12.8 Å². The first kappa shape index (κ1) is 9.61. The molecule has 5 nitrogen and oxygen atoms in total. The molecule has 3 N–H and O–H groups in total. The van der Waals surface area contributed by atoms with E-state index in [1.807, 2.05) is 0 Å². The van der Waals surface area contributed by atoms with Crippen LogP contribution in [0.4, 0.5) is 0 Å². The highest BCUT2D eigenvalue weighted by molar-refractivity contribution is 4.93. The topological polar surface area (TPSA) is 77.0 Å². The Bertz CT molecular complexity index is 299. The van der Waals surface area contributed by atoms with Gasteiger partial charge < -0.3 is 10.8 Å². The number of aromatic nitrogens is 3. The average molecular weight is 196 g/mol. The fourth-order valence-corrected chi connectivity index (χ4v) is 2.02. The zero-order valence-corrected chi connectivity index (χ0v) is 8.13. The van der Waals surface area contributed by atoms with Gasteiger partial charge in [0.1, 0.15) is 5.69 Å². The van der Waals surface area contributed by atoms with Gasteiger partial charge in [0.2, 0.25) is 0 Å². The lowest BCUT2D eigenvalue weighted by Crippen LogP contribution is -2.35. The normalized spacial score (nSPS) is 27.9. The maximum absolute atomic E-state index is 8.87. The Morgan fingerprint density at radius 3 is 2.93 bits per heavy atom. The Morgan fingerprint density at radius 2 is 2.29 bits per heavy atom. The molecule has 5 heteroatoms. The Balaban J connectivity index is 2.12. The van der Waals surface area contributed by atoms with E-state index in [-0.39, 0.29) is 18.7 Å². The Morgan fingerprint density at radius 1 is 1.50 bits per heavy atom. The Hall–Kier alpha value is -0.940. The van der Waals surface area contributed by atoms with Gasteiger partial charge in [-0.3, -0.25) is 0 Å². The first-order valence-corrected chi connectivity index (χ1v) is 5.08. The lowest BCUT2D eigenvalue weighted by Gasteiger charge is -2.28. The molecule has 0 amide bonds. The third-order valence-electron chi connectivity index (χ3n) is 2.84. The van der Waals surface area contributed by atoms with Crippen LogP contribution >= 0.6 is 0 Å². The summed E-state index contributed by atoms with van der Waals surface area (Å²) in [6.45, 7) is -0.0536. The van der Waals surface area contributed by atoms with Crippen LogP contribution in [0.1, 0.15) is 37.4 Å². The van der Waals surface area contributed by atoms with Crippen molar-refractivity contribution in [3.05, 3.63) is 11.9 Å². The largest absolute Gasteiger partial charge is 0.390 e. The molecule has 0 spiro atoms. The van der Waals surface area contributed by atoms with Gasteiger partial charge in [0.15, 0.2) is 0 Å². The number of aliphatic hydroxyl groups excluding tert-OH is 1. The molecule has 14 heavy (non-hydrogen) atoms. The zero-order valence-electron chi connectivity index (χ0n) is 8.13. The van der Waals surface area contributed by atoms with Gasteiger partial charge in [-0.2, -0.15) is 0 Å². The van der Waals surface area contributed by atoms with Crippen LogP contribution in [0, 0.1) is 0 Å². The minimum Gasteiger partial charge on any atom is -0.390 e. The Labute approximate surface area is 82.9 Å². The molecule has 78 valence electrons. The third kappa shape index (κ3) is 1.78. The van der Waals surface area contributed by atoms with Crippen LogP contribution < -0.4 is 5.73 Å². The van der Waals surface area contributed by atoms with Crippen molar-refractivity contribution in [2.24, 2.45) is 5.73 Å². The molecule has 1 saturated carbocycles. The molecule has 0 saturated heterocycles. The van der Waals surface area contributed by atoms with Gasteiger partial charge >= 0.3 is 0 Å². The molecule has 0 unspecified atom stereocenters. The fourth-order valence-electron chi connectivity index (χ4n) is 2.02. The maximum Gasteiger partial charge on any atom is 0.108 e. The first-order chi connectivity index (χ1) is 6.81. The molecule has 1 heterocycles. The standard InChI is InChI=1S/C9H16N4O/c10-8-3-1-2-4-9(8)13-5-7(6-14)11-12-13/h5,8-9,14H,1-4,6,10H2/t8-,9+/m0/s1. The maximum atomic E-state index is 8.87. The summed E-state index contributed by atoms with van der Waals surface area (Å²) in [4.78, 5) is 0. The van der Waals surface area contributed by atoms with Crippen molar-refractivity contribution >= 4 is 0 Å². The summed E-state index contributed by atoms with van der Waals surface area (Å²) >= 11 is 0. The van der Waals surface area contributed by atoms with E-state index in [0.717, 1.165) is 12.8 Å². The number of rotatable bonds is 2. The van der Waals surface area contributed by atoms with Gasteiger partial charge in [-0.15, -0.1) is 5.10 Å². The molecule has 1 aromatic rings. The average Bonchev–Trinajstić information content (AvgIpc) is 2.67. The van der Waals surface area contributed by atoms with Gasteiger partial charge in [0.05, 0.1) is 18.8 Å². The molecule has 0 radical (unpaired) electrons. The van der Waals surface area contributed by atoms with E-state index < -0.39 is 0 Å². The van der Waals surface area contributed by atoms with Crippen LogP contribution in [0.5, 0.6) is 0 Å². The number of nitrogens with two attached hydrogens (primary N) is 1. The minimum absolute atomic E-state index is 0.0536. The van der Waals surface area contributed by atoms with E-state index in [9.17, 15) is 0 Å². The second-order valence-electron chi connectivity index (χ2n) is 3.86. The van der Waals surface area contributed by atoms with Crippen LogP contribution in [-0.4, -0.2) is 26.1 Å². The SMILES string of the molecule is N[C@H]1CCCC[C@H]1n1cc(CO)nn1. The quantitative estimate of drug-likeness (QED) is 0.709. The van der Waals surface area contributed by atoms with Crippen LogP contribution in [0.3, 0.4) is 0 Å². The van der Waals surface area contributed by atoms with Crippen molar-refractivity contribution in [3.63, 3.8) is 0 Å². The molecule has 2 rings (SSSR count). The molecule has 0 aliphatic heterocycles. The van der Waals surface area contributed by atoms with Gasteiger partial charge in [0, 0.05) is 6.04 Å². The predicted molar refractivity (Wildman–Crippen MR) is 51.4 cm³/mol. The van der Waals surface area contributed by atoms with E-state index in [1.165, 1.54) is 12.8 Å². The molecule has 0 bridgehead atoms. The van der Waals surface area contributed by atoms with E-state index in [1.54, 1.807) is 10.9 Å². The summed E-state index contributed by atoms with van der Waals surface area (Å²) in [6, 6.07) is 0.438. The third-order valence-corrected chi connectivity index (χ3v) is 2.84. The molecular weight excluding hydrogens is 180 g/mol. The van der Waals surface area contributed by atoms with Crippen molar-refractivity contribution in [1.82, 2.24) is 15.0 Å². The summed E-state index contributed by atoms with van der Waals surface area (Å²) in [6.07, 6.45) is 6.32. The predicted octanol–water partition coefficient (Wildman–Crippen LogP) is 0.213. The summed E-state index contributed by atoms with van der Waals surface area (Å²) in [5, 5.41) is 16.7. The minimum atomic E-state index is -0.0536. The molecular formula is C9H16N4O. The molecule has 1 fully saturated rings. The highest BCUT2D eigenvalue weighted by Crippen LogP contribution is 2.26. The van der Waals surface area contributed by atoms with Crippen molar-refractivity contribution in [3.8, 4) is 0 Å². The van der Waals surface area contributed by atoms with Gasteiger partial charge in [0.25, 0.3) is 0 Å². The highest BCUT2D eigenvalue weighted by atomic mass is 16.3. The smallest absolute Gasteiger partial charge is 0.108 e. The fraction of sp³-hybridized carbons (Fsp3) is 0.778. The Kier molecular flexibility index (Phi) is 2.79. The number of hydrogen-bond donors (Lipinski definition) is 2. The second-order valence-corrected chi connectivity index (χ2v) is 3.86. The monoisotopic (exact) mass is 196 g/mol. The molecule has 1 aliphatic rings. The molecule has 1 aliphatic carbocycles. The van der Waals surface area contributed by atoms with E-state index in [0.29, 0.717) is 5.69 Å². The molecule has 1 aromatic heterocycles. The highest BCUT2D eigenvalue weighted by Gasteiger charge is 2.24. The van der Waals surface area contributed by atoms with Crippen LogP contribution in [0.2, 0.25) is 0 Å². The number of hydrogen-bond acceptors (Lipinski definition) is 4. The number of nitrogens with zero attached hydrogens (tertiary/aromatic N) is 3. The number of aliphatic hydroxyl groups is 1. The zero-order chi connectivity index (χ0) is 9.97. The van der Waals surface area contributed by atoms with E-state index >= 15 is 0 Å². The molecule has 0 aromatic carbocycles. The van der Waals surface area contributed by atoms with Gasteiger partial charge in [-0.1, -0.05) is 18.1 Å². The summed E-state index contributed by atoms with van der Waals surface area (Å²) in [7, 11) is 0. The van der Waals surface area contributed by atoms with Crippen LogP contribution in [-0.2, 0) is 6.61 Å². The summed E-state index contributed by atoms with van der Waals surface area (Å²) < 4.78 is 1.80. The van der Waals surface area contributed by atoms with Crippen LogP contribution in [0.25, 0.3) is 0 Å². The van der Waals surface area contributed by atoms with Crippen molar-refractivity contribution < 1.29 is 5.11 Å². The van der Waals surface area contributed by atoms with Crippen molar-refractivity contribution in [1.29, 1.82) is 0 Å². The summed E-state index contributed by atoms with van der Waals surface area (Å²) in [5.41, 5.74) is 6.62. The van der Waals surface area contributed by atoms with Crippen molar-refractivity contribution in [2.75, 3.05) is 0 Å². The van der Waals surface area contributed by atoms with Gasteiger partial charge in [-0.25, -0.2) is 4.68 Å². The lowest BCUT2D eigenvalue weighted by atomic mass is 9.91. The van der Waals surface area contributed by atoms with Crippen LogP contribution in [0.15, 0.2) is 6.20 Å². The van der Waals surface area contributed by atoms with Crippen molar-refractivity contribution in [2.45, 2.75) is 44.4 Å². The molecule has 2 atom stereocenters.